The number of piperidine rings is 1. The first kappa shape index (κ1) is 18.0. The summed E-state index contributed by atoms with van der Waals surface area (Å²) in [4.78, 5) is 23.5. The van der Waals surface area contributed by atoms with Crippen LogP contribution in [0.5, 0.6) is 0 Å². The van der Waals surface area contributed by atoms with E-state index in [9.17, 15) is 4.79 Å². The van der Waals surface area contributed by atoms with Crippen LogP contribution in [0, 0.1) is 11.8 Å². The van der Waals surface area contributed by atoms with Crippen LogP contribution in [0.4, 0.5) is 5.82 Å². The molecule has 1 aliphatic heterocycles. The lowest BCUT2D eigenvalue weighted by Gasteiger charge is -2.32. The van der Waals surface area contributed by atoms with Crippen LogP contribution in [0.2, 0.25) is 0 Å². The monoisotopic (exact) mass is 336 g/mol. The van der Waals surface area contributed by atoms with Gasteiger partial charge in [-0.2, -0.15) is 0 Å². The molecule has 0 saturated carbocycles. The fraction of sp³-hybridized carbons (Fsp3) is 0.706. The van der Waals surface area contributed by atoms with Crippen LogP contribution >= 0.6 is 11.8 Å². The van der Waals surface area contributed by atoms with Crippen molar-refractivity contribution >= 4 is 23.5 Å². The lowest BCUT2D eigenvalue weighted by Crippen LogP contribution is -2.44. The largest absolute Gasteiger partial charge is 0.355 e. The summed E-state index contributed by atoms with van der Waals surface area (Å²) >= 11 is 1.70. The first-order valence-electron chi connectivity index (χ1n) is 8.51. The minimum Gasteiger partial charge on any atom is -0.355 e. The molecular formula is C17H28N4OS. The van der Waals surface area contributed by atoms with Crippen molar-refractivity contribution in [1.29, 1.82) is 0 Å². The summed E-state index contributed by atoms with van der Waals surface area (Å²) in [5, 5.41) is 4.11. The minimum atomic E-state index is 0.119. The average Bonchev–Trinajstić information content (AvgIpc) is 2.55. The number of nitrogens with one attached hydrogen (secondary N) is 1. The van der Waals surface area contributed by atoms with E-state index in [0.717, 1.165) is 42.5 Å². The highest BCUT2D eigenvalue weighted by Gasteiger charge is 2.27. The van der Waals surface area contributed by atoms with Crippen molar-refractivity contribution in [2.75, 3.05) is 23.7 Å². The van der Waals surface area contributed by atoms with E-state index in [1.54, 1.807) is 11.8 Å². The normalized spacial score (nSPS) is 17.3. The first-order valence-corrected chi connectivity index (χ1v) is 9.50. The van der Waals surface area contributed by atoms with Crippen LogP contribution in [-0.2, 0) is 4.79 Å². The van der Waals surface area contributed by atoms with Gasteiger partial charge in [0.05, 0.1) is 12.4 Å². The van der Waals surface area contributed by atoms with Crippen LogP contribution in [0.25, 0.3) is 0 Å². The summed E-state index contributed by atoms with van der Waals surface area (Å²) in [5.74, 6) is 2.71. The average molecular weight is 337 g/mol. The molecule has 2 rings (SSSR count). The molecule has 1 aromatic heterocycles. The molecule has 1 atom stereocenters. The molecule has 1 N–H and O–H groups in total. The summed E-state index contributed by atoms with van der Waals surface area (Å²) in [7, 11) is 0. The van der Waals surface area contributed by atoms with Gasteiger partial charge in [-0.1, -0.05) is 20.8 Å². The van der Waals surface area contributed by atoms with Gasteiger partial charge in [-0.25, -0.2) is 4.98 Å². The Hall–Kier alpha value is -1.30. The third kappa shape index (κ3) is 5.09. The molecule has 0 unspecified atom stereocenters. The predicted molar refractivity (Wildman–Crippen MR) is 95.8 cm³/mol. The topological polar surface area (TPSA) is 58.1 Å². The second-order valence-corrected chi connectivity index (χ2v) is 7.74. The third-order valence-electron chi connectivity index (χ3n) is 4.45. The van der Waals surface area contributed by atoms with Gasteiger partial charge in [0, 0.05) is 25.0 Å². The number of amides is 1. The van der Waals surface area contributed by atoms with E-state index in [0.29, 0.717) is 5.92 Å². The van der Waals surface area contributed by atoms with E-state index in [1.165, 1.54) is 0 Å². The van der Waals surface area contributed by atoms with E-state index in [-0.39, 0.29) is 17.9 Å². The molecule has 2 heterocycles. The van der Waals surface area contributed by atoms with Gasteiger partial charge in [-0.15, -0.1) is 11.8 Å². The number of hydrogen-bond acceptors (Lipinski definition) is 5. The highest BCUT2D eigenvalue weighted by molar-refractivity contribution is 7.99. The maximum atomic E-state index is 12.3. The van der Waals surface area contributed by atoms with Crippen molar-refractivity contribution in [1.82, 2.24) is 15.3 Å². The highest BCUT2D eigenvalue weighted by atomic mass is 32.2. The summed E-state index contributed by atoms with van der Waals surface area (Å²) in [6, 6.07) is 0.231. The molecule has 5 nitrogen and oxygen atoms in total. The highest BCUT2D eigenvalue weighted by Crippen LogP contribution is 2.24. The van der Waals surface area contributed by atoms with Crippen LogP contribution in [-0.4, -0.2) is 40.8 Å². The SMILES string of the molecule is CCSc1cncc(N2CCC(C(=O)N[C@@H](C)C(C)C)CC2)n1. The Morgan fingerprint density at radius 1 is 1.35 bits per heavy atom. The van der Waals surface area contributed by atoms with Gasteiger partial charge in [-0.05, 0) is 31.4 Å². The van der Waals surface area contributed by atoms with E-state index in [2.05, 4.69) is 47.9 Å². The number of rotatable bonds is 6. The molecule has 128 valence electrons. The van der Waals surface area contributed by atoms with Crippen LogP contribution < -0.4 is 10.2 Å². The van der Waals surface area contributed by atoms with Gasteiger partial charge in [0.15, 0.2) is 0 Å². The number of carbonyl (C=O) groups is 1. The maximum absolute atomic E-state index is 12.3. The Balaban J connectivity index is 1.88. The second kappa shape index (κ2) is 8.52. The molecule has 1 saturated heterocycles. The second-order valence-electron chi connectivity index (χ2n) is 6.45. The minimum absolute atomic E-state index is 0.119. The number of hydrogen-bond donors (Lipinski definition) is 1. The molecule has 23 heavy (non-hydrogen) atoms. The Kier molecular flexibility index (Phi) is 6.69. The molecule has 0 aliphatic carbocycles. The predicted octanol–water partition coefficient (Wildman–Crippen LogP) is 2.97. The van der Waals surface area contributed by atoms with Crippen molar-refractivity contribution in [3.8, 4) is 0 Å². The summed E-state index contributed by atoms with van der Waals surface area (Å²) < 4.78 is 0. The number of carbonyl (C=O) groups excluding carboxylic acids is 1. The van der Waals surface area contributed by atoms with E-state index in [4.69, 9.17) is 0 Å². The van der Waals surface area contributed by atoms with Crippen LogP contribution in [0.15, 0.2) is 17.4 Å². The molecule has 0 bridgehead atoms. The van der Waals surface area contributed by atoms with Gasteiger partial charge in [0.25, 0.3) is 0 Å². The van der Waals surface area contributed by atoms with Gasteiger partial charge in [0.1, 0.15) is 10.8 Å². The fourth-order valence-corrected chi connectivity index (χ4v) is 3.18. The number of aromatic nitrogens is 2. The molecule has 6 heteroatoms. The Labute approximate surface area is 143 Å². The first-order chi connectivity index (χ1) is 11.0. The standard InChI is InChI=1S/C17H28N4OS/c1-5-23-16-11-18-10-15(20-16)21-8-6-14(7-9-21)17(22)19-13(4)12(2)3/h10-14H,5-9H2,1-4H3,(H,19,22)/t13-/m0/s1. The third-order valence-corrected chi connectivity index (χ3v) is 5.23. The van der Waals surface area contributed by atoms with Crippen molar-refractivity contribution < 1.29 is 4.79 Å². The fourth-order valence-electron chi connectivity index (χ4n) is 2.59. The molecule has 0 radical (unpaired) electrons. The lowest BCUT2D eigenvalue weighted by atomic mass is 9.95. The van der Waals surface area contributed by atoms with Crippen molar-refractivity contribution in [3.05, 3.63) is 12.4 Å². The van der Waals surface area contributed by atoms with Gasteiger partial charge in [0.2, 0.25) is 5.91 Å². The summed E-state index contributed by atoms with van der Waals surface area (Å²) in [6.45, 7) is 10.2. The quantitative estimate of drug-likeness (QED) is 0.809. The lowest BCUT2D eigenvalue weighted by molar-refractivity contribution is -0.126. The van der Waals surface area contributed by atoms with E-state index >= 15 is 0 Å². The zero-order valence-corrected chi connectivity index (χ0v) is 15.4. The van der Waals surface area contributed by atoms with Crippen molar-refractivity contribution in [3.63, 3.8) is 0 Å². The molecular weight excluding hydrogens is 308 g/mol. The van der Waals surface area contributed by atoms with E-state index < -0.39 is 0 Å². The van der Waals surface area contributed by atoms with Gasteiger partial charge in [-0.3, -0.25) is 9.78 Å². The van der Waals surface area contributed by atoms with Crippen molar-refractivity contribution in [2.45, 2.75) is 51.6 Å². The Bertz CT molecular complexity index is 515. The summed E-state index contributed by atoms with van der Waals surface area (Å²) in [6.07, 6.45) is 5.39. The number of nitrogens with zero attached hydrogens (tertiary/aromatic N) is 3. The molecule has 0 spiro atoms. The molecule has 1 aromatic rings. The molecule has 1 amide bonds. The maximum Gasteiger partial charge on any atom is 0.223 e. The van der Waals surface area contributed by atoms with Crippen LogP contribution in [0.1, 0.15) is 40.5 Å². The van der Waals surface area contributed by atoms with Gasteiger partial charge < -0.3 is 10.2 Å². The Morgan fingerprint density at radius 3 is 2.65 bits per heavy atom. The number of thioether (sulfide) groups is 1. The smallest absolute Gasteiger partial charge is 0.223 e. The Morgan fingerprint density at radius 2 is 2.04 bits per heavy atom. The van der Waals surface area contributed by atoms with Gasteiger partial charge >= 0.3 is 0 Å². The number of anilines is 1. The molecule has 0 aromatic carbocycles. The molecule has 1 aliphatic rings. The zero-order valence-electron chi connectivity index (χ0n) is 14.6. The summed E-state index contributed by atoms with van der Waals surface area (Å²) in [5.41, 5.74) is 0. The van der Waals surface area contributed by atoms with E-state index in [1.807, 2.05) is 12.4 Å². The zero-order chi connectivity index (χ0) is 16.8. The van der Waals surface area contributed by atoms with Crippen molar-refractivity contribution in [2.24, 2.45) is 11.8 Å². The molecule has 1 fully saturated rings. The van der Waals surface area contributed by atoms with Crippen LogP contribution in [0.3, 0.4) is 0 Å².